The van der Waals surface area contributed by atoms with Gasteiger partial charge in [-0.2, -0.15) is 0 Å². The third-order valence-electron chi connectivity index (χ3n) is 4.17. The summed E-state index contributed by atoms with van der Waals surface area (Å²) in [5.41, 5.74) is -1.44. The maximum Gasteiger partial charge on any atom is 0.308 e. The van der Waals surface area contributed by atoms with Crippen LogP contribution >= 0.6 is 23.2 Å². The van der Waals surface area contributed by atoms with Gasteiger partial charge in [0.15, 0.2) is 0 Å². The zero-order valence-electron chi connectivity index (χ0n) is 13.9. The van der Waals surface area contributed by atoms with E-state index in [2.05, 4.69) is 0 Å². The molecule has 1 aromatic rings. The first-order valence-corrected chi connectivity index (χ1v) is 10.1. The number of benzene rings is 1. The SMILES string of the molecule is CC(=O)OC1=C(N2CCCS2(=O)=O)OC(C)(c2cccc(Cl)c2Cl)C1=O. The van der Waals surface area contributed by atoms with E-state index < -0.39 is 33.1 Å². The summed E-state index contributed by atoms with van der Waals surface area (Å²) in [6, 6.07) is 4.67. The molecule has 3 rings (SSSR count). The lowest BCUT2D eigenvalue weighted by Crippen LogP contribution is -2.33. The minimum atomic E-state index is -3.67. The number of sulfonamides is 1. The molecule has 1 fully saturated rings. The van der Waals surface area contributed by atoms with E-state index >= 15 is 0 Å². The average Bonchev–Trinajstić information content (AvgIpc) is 3.01. The zero-order valence-corrected chi connectivity index (χ0v) is 16.2. The van der Waals surface area contributed by atoms with Gasteiger partial charge < -0.3 is 9.47 Å². The zero-order chi connectivity index (χ0) is 19.3. The van der Waals surface area contributed by atoms with Crippen LogP contribution < -0.4 is 0 Å². The normalized spacial score (nSPS) is 24.8. The molecule has 140 valence electrons. The van der Waals surface area contributed by atoms with Crippen molar-refractivity contribution < 1.29 is 27.5 Å². The first kappa shape index (κ1) is 19.0. The van der Waals surface area contributed by atoms with Gasteiger partial charge in [0, 0.05) is 19.0 Å². The molecule has 0 N–H and O–H groups in total. The lowest BCUT2D eigenvalue weighted by molar-refractivity contribution is -0.142. The van der Waals surface area contributed by atoms with Crippen molar-refractivity contribution in [3.8, 4) is 0 Å². The maximum absolute atomic E-state index is 13.0. The number of Topliss-reactive ketones (excluding diaryl/α,β-unsaturated/α-hetero) is 1. The smallest absolute Gasteiger partial charge is 0.308 e. The molecule has 2 heterocycles. The molecule has 7 nitrogen and oxygen atoms in total. The summed E-state index contributed by atoms with van der Waals surface area (Å²) in [7, 11) is -3.67. The molecular weight excluding hydrogens is 405 g/mol. The summed E-state index contributed by atoms with van der Waals surface area (Å²) in [4.78, 5) is 24.5. The number of nitrogens with zero attached hydrogens (tertiary/aromatic N) is 1. The average molecular weight is 420 g/mol. The van der Waals surface area contributed by atoms with Gasteiger partial charge >= 0.3 is 5.97 Å². The van der Waals surface area contributed by atoms with Crippen molar-refractivity contribution in [2.75, 3.05) is 12.3 Å². The highest BCUT2D eigenvalue weighted by Gasteiger charge is 2.53. The lowest BCUT2D eigenvalue weighted by Gasteiger charge is -2.27. The summed E-state index contributed by atoms with van der Waals surface area (Å²) in [6.07, 6.45) is 0.366. The summed E-state index contributed by atoms with van der Waals surface area (Å²) < 4.78 is 36.3. The van der Waals surface area contributed by atoms with Gasteiger partial charge in [-0.1, -0.05) is 35.3 Å². The summed E-state index contributed by atoms with van der Waals surface area (Å²) in [6.45, 7) is 2.65. The molecule has 2 aliphatic rings. The van der Waals surface area contributed by atoms with Crippen molar-refractivity contribution in [2.24, 2.45) is 0 Å². The second-order valence-electron chi connectivity index (χ2n) is 6.04. The topological polar surface area (TPSA) is 90.0 Å². The molecule has 1 atom stereocenters. The Labute approximate surface area is 160 Å². The number of ketones is 1. The number of halogens is 2. The Morgan fingerprint density at radius 2 is 2.04 bits per heavy atom. The molecule has 0 aliphatic carbocycles. The molecule has 10 heteroatoms. The van der Waals surface area contributed by atoms with Crippen LogP contribution in [0.5, 0.6) is 0 Å². The van der Waals surface area contributed by atoms with E-state index in [4.69, 9.17) is 32.7 Å². The fourth-order valence-electron chi connectivity index (χ4n) is 2.91. The Morgan fingerprint density at radius 3 is 2.62 bits per heavy atom. The van der Waals surface area contributed by atoms with Crippen LogP contribution in [0.1, 0.15) is 25.8 Å². The molecule has 1 aromatic carbocycles. The van der Waals surface area contributed by atoms with E-state index in [1.165, 1.54) is 6.92 Å². The van der Waals surface area contributed by atoms with Crippen molar-refractivity contribution in [1.82, 2.24) is 4.31 Å². The third-order valence-corrected chi connectivity index (χ3v) is 6.82. The molecule has 0 spiro atoms. The summed E-state index contributed by atoms with van der Waals surface area (Å²) in [5.74, 6) is -2.33. The molecule has 0 saturated carbocycles. The Kier molecular flexibility index (Phi) is 4.71. The monoisotopic (exact) mass is 419 g/mol. The number of rotatable bonds is 3. The van der Waals surface area contributed by atoms with Gasteiger partial charge in [-0.15, -0.1) is 0 Å². The first-order valence-electron chi connectivity index (χ1n) is 7.69. The van der Waals surface area contributed by atoms with Crippen LogP contribution in [0.4, 0.5) is 0 Å². The number of ether oxygens (including phenoxy) is 2. The second kappa shape index (κ2) is 6.44. The largest absolute Gasteiger partial charge is 0.456 e. The molecule has 1 saturated heterocycles. The van der Waals surface area contributed by atoms with E-state index in [1.54, 1.807) is 18.2 Å². The van der Waals surface area contributed by atoms with E-state index in [1.807, 2.05) is 0 Å². The number of hydrogen-bond acceptors (Lipinski definition) is 6. The van der Waals surface area contributed by atoms with Crippen LogP contribution in [0.15, 0.2) is 29.8 Å². The quantitative estimate of drug-likeness (QED) is 0.699. The number of carbonyl (C=O) groups is 2. The summed E-state index contributed by atoms with van der Waals surface area (Å²) >= 11 is 12.3. The van der Waals surface area contributed by atoms with E-state index in [0.29, 0.717) is 6.42 Å². The number of hydrogen-bond donors (Lipinski definition) is 0. The highest BCUT2D eigenvalue weighted by atomic mass is 35.5. The van der Waals surface area contributed by atoms with E-state index in [-0.39, 0.29) is 33.8 Å². The Morgan fingerprint density at radius 1 is 1.35 bits per heavy atom. The standard InChI is InChI=1S/C16H15Cl2NO6S/c1-9(20)24-13-14(21)16(2,10-5-3-6-11(17)12(10)18)25-15(13)19-7-4-8-26(19,22)23/h3,5-6H,4,7-8H2,1-2H3. The van der Waals surface area contributed by atoms with Crippen molar-refractivity contribution >= 4 is 45.0 Å². The fraction of sp³-hybridized carbons (Fsp3) is 0.375. The Hall–Kier alpha value is -1.77. The van der Waals surface area contributed by atoms with E-state index in [9.17, 15) is 18.0 Å². The molecule has 1 unspecified atom stereocenters. The van der Waals surface area contributed by atoms with Crippen molar-refractivity contribution in [2.45, 2.75) is 25.9 Å². The van der Waals surface area contributed by atoms with Crippen LogP contribution in [-0.2, 0) is 34.7 Å². The minimum Gasteiger partial charge on any atom is -0.456 e. The molecule has 0 bridgehead atoms. The van der Waals surface area contributed by atoms with Gasteiger partial charge in [0.25, 0.3) is 11.7 Å². The molecule has 0 radical (unpaired) electrons. The predicted molar refractivity (Wildman–Crippen MR) is 93.8 cm³/mol. The molecule has 0 aromatic heterocycles. The number of esters is 1. The summed E-state index contributed by atoms with van der Waals surface area (Å²) in [5, 5.41) is 0.302. The van der Waals surface area contributed by atoms with Crippen molar-refractivity contribution in [3.05, 3.63) is 45.5 Å². The van der Waals surface area contributed by atoms with Crippen LogP contribution in [0.25, 0.3) is 0 Å². The Bertz CT molecular complexity index is 942. The molecular formula is C16H15Cl2NO6S. The minimum absolute atomic E-state index is 0.0873. The van der Waals surface area contributed by atoms with Crippen molar-refractivity contribution in [1.29, 1.82) is 0 Å². The van der Waals surface area contributed by atoms with Crippen LogP contribution in [0.3, 0.4) is 0 Å². The highest BCUT2D eigenvalue weighted by Crippen LogP contribution is 2.45. The molecule has 0 amide bonds. The highest BCUT2D eigenvalue weighted by molar-refractivity contribution is 7.89. The van der Waals surface area contributed by atoms with Gasteiger partial charge in [-0.25, -0.2) is 12.7 Å². The molecule has 26 heavy (non-hydrogen) atoms. The van der Waals surface area contributed by atoms with Crippen molar-refractivity contribution in [3.63, 3.8) is 0 Å². The first-order chi connectivity index (χ1) is 12.1. The Balaban J connectivity index is 2.13. The number of carbonyl (C=O) groups excluding carboxylic acids is 2. The lowest BCUT2D eigenvalue weighted by atomic mass is 9.91. The maximum atomic E-state index is 13.0. The van der Waals surface area contributed by atoms with Crippen LogP contribution in [-0.4, -0.2) is 36.8 Å². The fourth-order valence-corrected chi connectivity index (χ4v) is 4.89. The second-order valence-corrected chi connectivity index (χ2v) is 8.83. The van der Waals surface area contributed by atoms with Gasteiger partial charge in [0.2, 0.25) is 21.4 Å². The van der Waals surface area contributed by atoms with Crippen LogP contribution in [0, 0.1) is 0 Å². The van der Waals surface area contributed by atoms with Crippen LogP contribution in [0.2, 0.25) is 10.0 Å². The van der Waals surface area contributed by atoms with Gasteiger partial charge in [-0.05, 0) is 19.4 Å². The third kappa shape index (κ3) is 2.95. The van der Waals surface area contributed by atoms with Gasteiger partial charge in [-0.3, -0.25) is 9.59 Å². The van der Waals surface area contributed by atoms with Gasteiger partial charge in [0.1, 0.15) is 0 Å². The molecule has 2 aliphatic heterocycles. The van der Waals surface area contributed by atoms with E-state index in [0.717, 1.165) is 11.2 Å². The predicted octanol–water partition coefficient (Wildman–Crippen LogP) is 2.58. The van der Waals surface area contributed by atoms with Gasteiger partial charge in [0.05, 0.1) is 15.8 Å².